The van der Waals surface area contributed by atoms with Crippen LogP contribution in [0.4, 0.5) is 0 Å². The molecule has 1 unspecified atom stereocenters. The predicted molar refractivity (Wildman–Crippen MR) is 68.7 cm³/mol. The molecule has 1 aliphatic heterocycles. The highest BCUT2D eigenvalue weighted by molar-refractivity contribution is 5.99. The molecule has 1 aliphatic rings. The first kappa shape index (κ1) is 10.8. The molecule has 0 radical (unpaired) electrons. The van der Waals surface area contributed by atoms with Crippen LogP contribution >= 0.6 is 0 Å². The van der Waals surface area contributed by atoms with E-state index in [-0.39, 0.29) is 11.9 Å². The van der Waals surface area contributed by atoms with Crippen LogP contribution in [0.1, 0.15) is 27.5 Å². The summed E-state index contributed by atoms with van der Waals surface area (Å²) >= 11 is 0. The Morgan fingerprint density at radius 1 is 1.06 bits per heavy atom. The molecule has 1 heterocycles. The van der Waals surface area contributed by atoms with E-state index in [4.69, 9.17) is 4.74 Å². The Balaban J connectivity index is 2.01. The standard InChI is InChI=1S/C15H13NO2/c1-18-11-8-6-10(7-9-11)14-12-4-2-3-5-13(12)15(17)16-14/h2-9,14H,1H3,(H,16,17). The summed E-state index contributed by atoms with van der Waals surface area (Å²) in [5.74, 6) is 0.808. The molecular formula is C15H13NO2. The van der Waals surface area contributed by atoms with Crippen LogP contribution in [0.3, 0.4) is 0 Å². The van der Waals surface area contributed by atoms with Crippen LogP contribution in [0.25, 0.3) is 0 Å². The molecule has 2 aromatic carbocycles. The smallest absolute Gasteiger partial charge is 0.252 e. The average molecular weight is 239 g/mol. The summed E-state index contributed by atoms with van der Waals surface area (Å²) in [7, 11) is 1.64. The molecule has 1 atom stereocenters. The van der Waals surface area contributed by atoms with E-state index in [1.807, 2.05) is 48.5 Å². The summed E-state index contributed by atoms with van der Waals surface area (Å²) < 4.78 is 5.14. The lowest BCUT2D eigenvalue weighted by Gasteiger charge is -2.12. The van der Waals surface area contributed by atoms with Crippen molar-refractivity contribution in [1.29, 1.82) is 0 Å². The number of methoxy groups -OCH3 is 1. The van der Waals surface area contributed by atoms with E-state index in [9.17, 15) is 4.79 Å². The number of carbonyl (C=O) groups excluding carboxylic acids is 1. The maximum Gasteiger partial charge on any atom is 0.252 e. The van der Waals surface area contributed by atoms with Crippen LogP contribution in [0.5, 0.6) is 5.75 Å². The van der Waals surface area contributed by atoms with E-state index in [1.165, 1.54) is 0 Å². The maximum absolute atomic E-state index is 11.8. The average Bonchev–Trinajstić information content (AvgIpc) is 2.77. The largest absolute Gasteiger partial charge is 0.497 e. The van der Waals surface area contributed by atoms with Crippen molar-refractivity contribution in [2.45, 2.75) is 6.04 Å². The van der Waals surface area contributed by atoms with Gasteiger partial charge in [-0.2, -0.15) is 0 Å². The molecule has 0 saturated heterocycles. The molecule has 18 heavy (non-hydrogen) atoms. The summed E-state index contributed by atoms with van der Waals surface area (Å²) in [5.41, 5.74) is 2.86. The molecule has 3 nitrogen and oxygen atoms in total. The number of benzene rings is 2. The molecule has 90 valence electrons. The Labute approximate surface area is 105 Å². The molecule has 0 bridgehead atoms. The topological polar surface area (TPSA) is 38.3 Å². The van der Waals surface area contributed by atoms with Gasteiger partial charge in [0.2, 0.25) is 0 Å². The van der Waals surface area contributed by atoms with Crippen LogP contribution < -0.4 is 10.1 Å². The molecule has 1 N–H and O–H groups in total. The van der Waals surface area contributed by atoms with Gasteiger partial charge in [-0.25, -0.2) is 0 Å². The van der Waals surface area contributed by atoms with Crippen LogP contribution in [0.15, 0.2) is 48.5 Å². The van der Waals surface area contributed by atoms with Gasteiger partial charge in [-0.3, -0.25) is 4.79 Å². The summed E-state index contributed by atoms with van der Waals surface area (Å²) in [6.45, 7) is 0. The molecule has 0 aliphatic carbocycles. The summed E-state index contributed by atoms with van der Waals surface area (Å²) in [6, 6.07) is 15.4. The molecule has 0 fully saturated rings. The highest BCUT2D eigenvalue weighted by Gasteiger charge is 2.28. The second kappa shape index (κ2) is 4.18. The molecule has 1 amide bonds. The van der Waals surface area contributed by atoms with E-state index in [0.29, 0.717) is 0 Å². The van der Waals surface area contributed by atoms with Crippen molar-refractivity contribution in [1.82, 2.24) is 5.32 Å². The molecule has 3 rings (SSSR count). The lowest BCUT2D eigenvalue weighted by Crippen LogP contribution is -2.19. The molecule has 2 aromatic rings. The van der Waals surface area contributed by atoms with Gasteiger partial charge >= 0.3 is 0 Å². The van der Waals surface area contributed by atoms with Gasteiger partial charge in [0, 0.05) is 5.56 Å². The number of carbonyl (C=O) groups is 1. The zero-order valence-corrected chi connectivity index (χ0v) is 10.0. The quantitative estimate of drug-likeness (QED) is 0.874. The third kappa shape index (κ3) is 1.64. The van der Waals surface area contributed by atoms with Gasteiger partial charge in [0.15, 0.2) is 0 Å². The van der Waals surface area contributed by atoms with Crippen molar-refractivity contribution in [3.8, 4) is 5.75 Å². The first-order chi connectivity index (χ1) is 8.79. The van der Waals surface area contributed by atoms with E-state index < -0.39 is 0 Å². The number of ether oxygens (including phenoxy) is 1. The van der Waals surface area contributed by atoms with E-state index in [1.54, 1.807) is 7.11 Å². The van der Waals surface area contributed by atoms with Gasteiger partial charge in [0.05, 0.1) is 13.2 Å². The van der Waals surface area contributed by atoms with Crippen molar-refractivity contribution in [3.63, 3.8) is 0 Å². The van der Waals surface area contributed by atoms with Gasteiger partial charge < -0.3 is 10.1 Å². The SMILES string of the molecule is COc1ccc(C2NC(=O)c3ccccc32)cc1. The van der Waals surface area contributed by atoms with Crippen molar-refractivity contribution in [2.24, 2.45) is 0 Å². The Kier molecular flexibility index (Phi) is 2.52. The summed E-state index contributed by atoms with van der Waals surface area (Å²) in [6.07, 6.45) is 0. The monoisotopic (exact) mass is 239 g/mol. The number of fused-ring (bicyclic) bond motifs is 1. The molecule has 3 heteroatoms. The van der Waals surface area contributed by atoms with Crippen LogP contribution in [-0.4, -0.2) is 13.0 Å². The van der Waals surface area contributed by atoms with Gasteiger partial charge in [-0.05, 0) is 29.3 Å². The van der Waals surface area contributed by atoms with Crippen LogP contribution in [-0.2, 0) is 0 Å². The second-order valence-corrected chi connectivity index (χ2v) is 4.27. The zero-order valence-electron chi connectivity index (χ0n) is 10.0. The van der Waals surface area contributed by atoms with Crippen molar-refractivity contribution >= 4 is 5.91 Å². The fourth-order valence-electron chi connectivity index (χ4n) is 2.30. The number of nitrogens with one attached hydrogen (secondary N) is 1. The zero-order chi connectivity index (χ0) is 12.5. The van der Waals surface area contributed by atoms with Crippen molar-refractivity contribution in [2.75, 3.05) is 7.11 Å². The van der Waals surface area contributed by atoms with Gasteiger partial charge in [-0.1, -0.05) is 30.3 Å². The van der Waals surface area contributed by atoms with Gasteiger partial charge in [0.1, 0.15) is 5.75 Å². The normalized spacial score (nSPS) is 17.2. The molecular weight excluding hydrogens is 226 g/mol. The molecule has 0 aromatic heterocycles. The second-order valence-electron chi connectivity index (χ2n) is 4.27. The summed E-state index contributed by atoms with van der Waals surface area (Å²) in [5, 5.41) is 2.99. The van der Waals surface area contributed by atoms with Gasteiger partial charge in [0.25, 0.3) is 5.91 Å². The lowest BCUT2D eigenvalue weighted by atomic mass is 9.98. The Morgan fingerprint density at radius 2 is 1.78 bits per heavy atom. The Hall–Kier alpha value is -2.29. The third-order valence-electron chi connectivity index (χ3n) is 3.24. The van der Waals surface area contributed by atoms with Crippen LogP contribution in [0.2, 0.25) is 0 Å². The number of hydrogen-bond acceptors (Lipinski definition) is 2. The van der Waals surface area contributed by atoms with Crippen molar-refractivity contribution < 1.29 is 9.53 Å². The summed E-state index contributed by atoms with van der Waals surface area (Å²) in [4.78, 5) is 11.8. The Bertz CT molecular complexity index is 590. The number of rotatable bonds is 2. The van der Waals surface area contributed by atoms with Gasteiger partial charge in [-0.15, -0.1) is 0 Å². The minimum Gasteiger partial charge on any atom is -0.497 e. The number of amides is 1. The van der Waals surface area contributed by atoms with E-state index >= 15 is 0 Å². The first-order valence-corrected chi connectivity index (χ1v) is 5.83. The highest BCUT2D eigenvalue weighted by Crippen LogP contribution is 2.31. The van der Waals surface area contributed by atoms with E-state index in [2.05, 4.69) is 5.32 Å². The lowest BCUT2D eigenvalue weighted by molar-refractivity contribution is 0.0960. The van der Waals surface area contributed by atoms with Crippen molar-refractivity contribution in [3.05, 3.63) is 65.2 Å². The van der Waals surface area contributed by atoms with Crippen LogP contribution in [0, 0.1) is 0 Å². The fraction of sp³-hybridized carbons (Fsp3) is 0.133. The Morgan fingerprint density at radius 3 is 2.50 bits per heavy atom. The minimum absolute atomic E-state index is 0.00795. The minimum atomic E-state index is -0.0559. The number of hydrogen-bond donors (Lipinski definition) is 1. The fourth-order valence-corrected chi connectivity index (χ4v) is 2.30. The third-order valence-corrected chi connectivity index (χ3v) is 3.24. The highest BCUT2D eigenvalue weighted by atomic mass is 16.5. The first-order valence-electron chi connectivity index (χ1n) is 5.83. The molecule has 0 spiro atoms. The maximum atomic E-state index is 11.8. The van der Waals surface area contributed by atoms with E-state index in [0.717, 1.165) is 22.4 Å². The predicted octanol–water partition coefficient (Wildman–Crippen LogP) is 2.53. The molecule has 0 saturated carbocycles.